The van der Waals surface area contributed by atoms with Crippen molar-refractivity contribution in [2.75, 3.05) is 6.54 Å². The van der Waals surface area contributed by atoms with Crippen LogP contribution in [0.2, 0.25) is 0 Å². The lowest BCUT2D eigenvalue weighted by Gasteiger charge is -2.24. The Kier molecular flexibility index (Phi) is 8.71. The van der Waals surface area contributed by atoms with Gasteiger partial charge in [0.25, 0.3) is 5.91 Å². The van der Waals surface area contributed by atoms with Gasteiger partial charge in [-0.05, 0) is 66.4 Å². The molecule has 2 N–H and O–H groups in total. The van der Waals surface area contributed by atoms with Gasteiger partial charge in [0.05, 0.1) is 21.8 Å². The molecule has 2 aromatic heterocycles. The zero-order valence-corrected chi connectivity index (χ0v) is 24.8. The molecule has 4 rings (SSSR count). The molecular weight excluding hydrogens is 510 g/mol. The molecule has 1 atom stereocenters. The molecule has 210 valence electrons. The second kappa shape index (κ2) is 11.7. The number of benzene rings is 1. The predicted molar refractivity (Wildman–Crippen MR) is 158 cm³/mol. The number of aromatic nitrogens is 2. The Bertz CT molecular complexity index is 1380. The van der Waals surface area contributed by atoms with Gasteiger partial charge >= 0.3 is 0 Å². The van der Waals surface area contributed by atoms with Gasteiger partial charge in [-0.2, -0.15) is 4.91 Å². The molecule has 3 aromatic rings. The fraction of sp³-hybridized carbons (Fsp3) is 0.533. The summed E-state index contributed by atoms with van der Waals surface area (Å²) in [5.41, 5.74) is 1.85. The van der Waals surface area contributed by atoms with Gasteiger partial charge in [-0.3, -0.25) is 9.78 Å². The third-order valence-corrected chi connectivity index (χ3v) is 8.83. The van der Waals surface area contributed by atoms with E-state index in [9.17, 15) is 13.9 Å². The third kappa shape index (κ3) is 6.81. The molecule has 0 bridgehead atoms. The van der Waals surface area contributed by atoms with E-state index in [1.807, 2.05) is 58.0 Å². The highest BCUT2D eigenvalue weighted by molar-refractivity contribution is 7.83. The minimum atomic E-state index is -1.44. The molecule has 9 heteroatoms. The van der Waals surface area contributed by atoms with E-state index < -0.39 is 16.5 Å². The van der Waals surface area contributed by atoms with E-state index in [2.05, 4.69) is 19.8 Å². The van der Waals surface area contributed by atoms with Crippen LogP contribution in [0.25, 0.3) is 22.2 Å². The van der Waals surface area contributed by atoms with Crippen LogP contribution < -0.4 is 10.0 Å². The van der Waals surface area contributed by atoms with Gasteiger partial charge in [-0.15, -0.1) is 0 Å². The number of nitrogens with zero attached hydrogens (tertiary/aromatic N) is 3. The number of carbonyl (C=O) groups is 1. The molecule has 0 saturated heterocycles. The van der Waals surface area contributed by atoms with Crippen LogP contribution in [0.5, 0.6) is 0 Å². The fourth-order valence-corrected chi connectivity index (χ4v) is 6.40. The summed E-state index contributed by atoms with van der Waals surface area (Å²) in [4.78, 5) is 29.9. The van der Waals surface area contributed by atoms with Crippen LogP contribution in [0.15, 0.2) is 46.6 Å². The van der Waals surface area contributed by atoms with Crippen LogP contribution in [-0.4, -0.2) is 37.3 Å². The van der Waals surface area contributed by atoms with E-state index in [-0.39, 0.29) is 18.0 Å². The maximum atomic E-state index is 13.3. The summed E-state index contributed by atoms with van der Waals surface area (Å²) in [7, 11) is -1.44. The predicted octanol–water partition coefficient (Wildman–Crippen LogP) is 6.28. The number of hydrogen-bond acceptors (Lipinski definition) is 5. The number of nitrogens with one attached hydrogen (secondary N) is 2. The summed E-state index contributed by atoms with van der Waals surface area (Å²) in [6.45, 7) is 12.3. The van der Waals surface area contributed by atoms with E-state index in [1.165, 1.54) is 32.1 Å². The number of carbonyl (C=O) groups excluding carboxylic acids is 1. The highest BCUT2D eigenvalue weighted by atomic mass is 32.2. The van der Waals surface area contributed by atoms with E-state index >= 15 is 0 Å². The quantitative estimate of drug-likeness (QED) is 0.305. The average molecular weight is 552 g/mol. The minimum Gasteiger partial charge on any atom is -0.349 e. The Hall–Kier alpha value is -2.91. The maximum absolute atomic E-state index is 13.3. The zero-order chi connectivity index (χ0) is 28.4. The molecule has 1 amide bonds. The SMILES string of the molecule is Cc1c(C(=O)NCC(C)(C)N=O)cc(-c2ncc(S(=O)NC(C)(C)C)c3ccccc23)n1CC1CCCCC1. The van der Waals surface area contributed by atoms with Crippen LogP contribution in [0.1, 0.15) is 82.8 Å². The van der Waals surface area contributed by atoms with Crippen molar-refractivity contribution in [2.24, 2.45) is 11.1 Å². The first-order valence-electron chi connectivity index (χ1n) is 13.8. The van der Waals surface area contributed by atoms with Gasteiger partial charge in [-0.25, -0.2) is 8.93 Å². The van der Waals surface area contributed by atoms with Crippen molar-refractivity contribution in [3.8, 4) is 11.4 Å². The zero-order valence-electron chi connectivity index (χ0n) is 24.0. The van der Waals surface area contributed by atoms with E-state index in [0.717, 1.165) is 34.4 Å². The number of rotatable bonds is 9. The van der Waals surface area contributed by atoms with Crippen molar-refractivity contribution in [3.05, 3.63) is 52.7 Å². The van der Waals surface area contributed by atoms with Gasteiger partial charge in [0.15, 0.2) is 0 Å². The molecule has 0 radical (unpaired) electrons. The second-order valence-electron chi connectivity index (χ2n) is 12.4. The van der Waals surface area contributed by atoms with Crippen molar-refractivity contribution in [2.45, 2.75) is 96.2 Å². The van der Waals surface area contributed by atoms with Crippen molar-refractivity contribution >= 4 is 27.7 Å². The van der Waals surface area contributed by atoms with E-state index in [1.54, 1.807) is 20.0 Å². The summed E-state index contributed by atoms with van der Waals surface area (Å²) >= 11 is 0. The van der Waals surface area contributed by atoms with Gasteiger partial charge < -0.3 is 9.88 Å². The molecular formula is C30H41N5O3S. The maximum Gasteiger partial charge on any atom is 0.253 e. The molecule has 1 aliphatic carbocycles. The Labute approximate surface area is 233 Å². The molecule has 1 aliphatic rings. The van der Waals surface area contributed by atoms with Crippen LogP contribution in [0.4, 0.5) is 0 Å². The molecule has 39 heavy (non-hydrogen) atoms. The molecule has 0 spiro atoms. The first kappa shape index (κ1) is 29.1. The van der Waals surface area contributed by atoms with Crippen LogP contribution >= 0.6 is 0 Å². The first-order valence-corrected chi connectivity index (χ1v) is 15.0. The van der Waals surface area contributed by atoms with Gasteiger partial charge in [-0.1, -0.05) is 48.7 Å². The molecule has 1 saturated carbocycles. The van der Waals surface area contributed by atoms with Crippen LogP contribution in [0, 0.1) is 17.7 Å². The minimum absolute atomic E-state index is 0.153. The molecule has 1 fully saturated rings. The summed E-state index contributed by atoms with van der Waals surface area (Å²) in [5.74, 6) is 0.302. The van der Waals surface area contributed by atoms with E-state index in [0.29, 0.717) is 16.4 Å². The second-order valence-corrected chi connectivity index (χ2v) is 13.5. The molecule has 2 heterocycles. The number of hydrogen-bond donors (Lipinski definition) is 2. The molecule has 1 aromatic carbocycles. The average Bonchev–Trinajstić information content (AvgIpc) is 3.21. The van der Waals surface area contributed by atoms with Gasteiger partial charge in [0, 0.05) is 41.3 Å². The lowest BCUT2D eigenvalue weighted by Crippen LogP contribution is -2.37. The molecule has 1 unspecified atom stereocenters. The molecule has 8 nitrogen and oxygen atoms in total. The smallest absolute Gasteiger partial charge is 0.253 e. The summed E-state index contributed by atoms with van der Waals surface area (Å²) < 4.78 is 18.6. The largest absolute Gasteiger partial charge is 0.349 e. The third-order valence-electron chi connectivity index (χ3n) is 7.31. The van der Waals surface area contributed by atoms with Crippen molar-refractivity contribution in [1.29, 1.82) is 0 Å². The van der Waals surface area contributed by atoms with Crippen LogP contribution in [-0.2, 0) is 17.5 Å². The Morgan fingerprint density at radius 2 is 1.77 bits per heavy atom. The Balaban J connectivity index is 1.81. The summed E-state index contributed by atoms with van der Waals surface area (Å²) in [6, 6.07) is 9.79. The summed E-state index contributed by atoms with van der Waals surface area (Å²) in [6.07, 6.45) is 7.76. The topological polar surface area (TPSA) is 105 Å². The van der Waals surface area contributed by atoms with Crippen molar-refractivity contribution in [3.63, 3.8) is 0 Å². The number of fused-ring (bicyclic) bond motifs is 1. The normalized spacial score (nSPS) is 15.8. The summed E-state index contributed by atoms with van der Waals surface area (Å²) in [5, 5.41) is 7.77. The standard InChI is InChI=1S/C30H41N5O3S/c1-20-24(28(36)32-19-30(5,6)33-37)16-25(35(20)18-21-12-8-7-9-13-21)27-23-15-11-10-14-22(23)26(17-31-27)39(38)34-29(2,3)4/h10-11,14-17,21,34H,7-9,12-13,18-19H2,1-6H3,(H,32,36). The van der Waals surface area contributed by atoms with Crippen LogP contribution in [0.3, 0.4) is 0 Å². The Morgan fingerprint density at radius 3 is 2.41 bits per heavy atom. The monoisotopic (exact) mass is 551 g/mol. The fourth-order valence-electron chi connectivity index (χ4n) is 5.21. The van der Waals surface area contributed by atoms with Gasteiger partial charge in [0.2, 0.25) is 0 Å². The van der Waals surface area contributed by atoms with Gasteiger partial charge in [0.1, 0.15) is 16.5 Å². The number of amides is 1. The number of nitroso groups, excluding NO2 is 1. The first-order chi connectivity index (χ1) is 18.4. The van der Waals surface area contributed by atoms with Crippen molar-refractivity contribution in [1.82, 2.24) is 19.6 Å². The van der Waals surface area contributed by atoms with Crippen molar-refractivity contribution < 1.29 is 9.00 Å². The number of pyridine rings is 1. The lowest BCUT2D eigenvalue weighted by molar-refractivity contribution is 0.0945. The lowest BCUT2D eigenvalue weighted by atomic mass is 9.89. The molecule has 0 aliphatic heterocycles. The van der Waals surface area contributed by atoms with E-state index in [4.69, 9.17) is 4.98 Å². The highest BCUT2D eigenvalue weighted by Crippen LogP contribution is 2.35. The Morgan fingerprint density at radius 1 is 1.10 bits per heavy atom. The highest BCUT2D eigenvalue weighted by Gasteiger charge is 2.26.